The number of para-hydroxylation sites is 1. The van der Waals surface area contributed by atoms with E-state index in [1.165, 1.54) is 0 Å². The molecule has 1 aliphatic rings. The number of amides is 1. The van der Waals surface area contributed by atoms with Gasteiger partial charge in [0.2, 0.25) is 15.9 Å². The van der Waals surface area contributed by atoms with Crippen LogP contribution in [0, 0.1) is 0 Å². The second kappa shape index (κ2) is 11.4. The highest BCUT2D eigenvalue weighted by molar-refractivity contribution is 7.89. The fourth-order valence-electron chi connectivity index (χ4n) is 3.06. The molecule has 8 nitrogen and oxygen atoms in total. The number of hydrogen-bond donors (Lipinski definition) is 2. The van der Waals surface area contributed by atoms with Crippen molar-refractivity contribution in [2.45, 2.75) is 17.5 Å². The van der Waals surface area contributed by atoms with Crippen LogP contribution in [0.15, 0.2) is 71.3 Å². The summed E-state index contributed by atoms with van der Waals surface area (Å²) in [6, 6.07) is 12.8. The molecule has 2 aromatic rings. The Hall–Kier alpha value is -3.09. The lowest BCUT2D eigenvalue weighted by molar-refractivity contribution is -0.137. The number of sulfonamides is 1. The fourth-order valence-corrected chi connectivity index (χ4v) is 4.49. The van der Waals surface area contributed by atoms with Crippen molar-refractivity contribution >= 4 is 15.9 Å². The molecule has 0 saturated heterocycles. The van der Waals surface area contributed by atoms with Crippen LogP contribution in [0.5, 0.6) is 5.75 Å². The Bertz CT molecular complexity index is 1110. The summed E-state index contributed by atoms with van der Waals surface area (Å²) in [7, 11) is -4.09. The standard InChI is InChI=1S/C22H24F3N3O5S/c23-22(24,25)17-5-4-8-20(15-17)34(30,31)28-12-9-18(10-13-28)27-33-16-21(29)26-11-14-32-19-6-2-1-3-7-19/h1-9,15,27H,10-14,16H2,(H,26,29). The summed E-state index contributed by atoms with van der Waals surface area (Å²) < 4.78 is 70.7. The lowest BCUT2D eigenvalue weighted by Gasteiger charge is -2.26. The highest BCUT2D eigenvalue weighted by atomic mass is 32.2. The molecule has 12 heteroatoms. The largest absolute Gasteiger partial charge is 0.492 e. The Kier molecular flexibility index (Phi) is 8.53. The van der Waals surface area contributed by atoms with Crippen LogP contribution in [0.25, 0.3) is 0 Å². The number of carbonyl (C=O) groups excluding carboxylic acids is 1. The number of hydrogen-bond acceptors (Lipinski definition) is 6. The van der Waals surface area contributed by atoms with Gasteiger partial charge in [0.05, 0.1) is 17.0 Å². The lowest BCUT2D eigenvalue weighted by atomic mass is 10.2. The van der Waals surface area contributed by atoms with Gasteiger partial charge in [0, 0.05) is 25.2 Å². The number of halogens is 3. The first kappa shape index (κ1) is 25.5. The van der Waals surface area contributed by atoms with Gasteiger partial charge in [0.25, 0.3) is 0 Å². The summed E-state index contributed by atoms with van der Waals surface area (Å²) in [4.78, 5) is 16.5. The third-order valence-corrected chi connectivity index (χ3v) is 6.67. The van der Waals surface area contributed by atoms with E-state index >= 15 is 0 Å². The van der Waals surface area contributed by atoms with Crippen molar-refractivity contribution in [1.29, 1.82) is 0 Å². The zero-order valence-corrected chi connectivity index (χ0v) is 18.9. The van der Waals surface area contributed by atoms with E-state index in [4.69, 9.17) is 9.57 Å². The molecule has 2 N–H and O–H groups in total. The van der Waals surface area contributed by atoms with Gasteiger partial charge in [-0.05, 0) is 36.4 Å². The van der Waals surface area contributed by atoms with Crippen molar-refractivity contribution in [2.24, 2.45) is 0 Å². The van der Waals surface area contributed by atoms with Crippen LogP contribution in [0.1, 0.15) is 12.0 Å². The number of ether oxygens (including phenoxy) is 1. The van der Waals surface area contributed by atoms with Crippen LogP contribution in [0.2, 0.25) is 0 Å². The maximum Gasteiger partial charge on any atom is 0.416 e. The Labute approximate surface area is 195 Å². The average molecular weight is 500 g/mol. The molecule has 0 aromatic heterocycles. The summed E-state index contributed by atoms with van der Waals surface area (Å²) in [6.45, 7) is 0.318. The number of carbonyl (C=O) groups is 1. The molecule has 3 rings (SSSR count). The highest BCUT2D eigenvalue weighted by Crippen LogP contribution is 2.31. The van der Waals surface area contributed by atoms with Crippen LogP contribution in [-0.2, 0) is 25.8 Å². The number of nitrogens with one attached hydrogen (secondary N) is 2. The van der Waals surface area contributed by atoms with Crippen LogP contribution >= 0.6 is 0 Å². The predicted molar refractivity (Wildman–Crippen MR) is 117 cm³/mol. The van der Waals surface area contributed by atoms with E-state index in [2.05, 4.69) is 10.8 Å². The Morgan fingerprint density at radius 1 is 1.09 bits per heavy atom. The van der Waals surface area contributed by atoms with Gasteiger partial charge in [0.1, 0.15) is 12.4 Å². The predicted octanol–water partition coefficient (Wildman–Crippen LogP) is 2.70. The molecule has 0 radical (unpaired) electrons. The van der Waals surface area contributed by atoms with Crippen LogP contribution in [0.4, 0.5) is 13.2 Å². The van der Waals surface area contributed by atoms with E-state index < -0.39 is 26.7 Å². The number of nitrogens with zero attached hydrogens (tertiary/aromatic N) is 1. The van der Waals surface area contributed by atoms with Crippen molar-refractivity contribution in [3.05, 3.63) is 71.9 Å². The van der Waals surface area contributed by atoms with Gasteiger partial charge in [-0.1, -0.05) is 24.3 Å². The lowest BCUT2D eigenvalue weighted by Crippen LogP contribution is -2.38. The second-order valence-electron chi connectivity index (χ2n) is 7.27. The molecule has 0 atom stereocenters. The van der Waals surface area contributed by atoms with Gasteiger partial charge in [-0.3, -0.25) is 15.1 Å². The van der Waals surface area contributed by atoms with Gasteiger partial charge < -0.3 is 10.1 Å². The van der Waals surface area contributed by atoms with E-state index in [0.29, 0.717) is 30.7 Å². The van der Waals surface area contributed by atoms with Gasteiger partial charge in [-0.15, -0.1) is 0 Å². The Balaban J connectivity index is 1.40. The number of alkyl halides is 3. The Morgan fingerprint density at radius 3 is 2.53 bits per heavy atom. The minimum atomic E-state index is -4.64. The van der Waals surface area contributed by atoms with Gasteiger partial charge in [-0.25, -0.2) is 8.42 Å². The third kappa shape index (κ3) is 7.20. The molecule has 0 aliphatic carbocycles. The van der Waals surface area contributed by atoms with Crippen molar-refractivity contribution in [3.63, 3.8) is 0 Å². The quantitative estimate of drug-likeness (QED) is 0.386. The van der Waals surface area contributed by atoms with E-state index in [9.17, 15) is 26.4 Å². The first-order valence-electron chi connectivity index (χ1n) is 10.3. The normalized spacial score (nSPS) is 14.9. The molecule has 184 valence electrons. The maximum absolute atomic E-state index is 12.9. The molecule has 1 amide bonds. The fraction of sp³-hybridized carbons (Fsp3) is 0.318. The SMILES string of the molecule is O=C(CONC1=CCN(S(=O)(=O)c2cccc(C(F)(F)F)c2)CC1)NCCOc1ccccc1. The summed E-state index contributed by atoms with van der Waals surface area (Å²) in [6.07, 6.45) is -2.85. The summed E-state index contributed by atoms with van der Waals surface area (Å²) in [5.74, 6) is 0.331. The van der Waals surface area contributed by atoms with Crippen LogP contribution < -0.4 is 15.5 Å². The molecular weight excluding hydrogens is 475 g/mol. The van der Waals surface area contributed by atoms with Gasteiger partial charge >= 0.3 is 6.18 Å². The first-order chi connectivity index (χ1) is 16.2. The van der Waals surface area contributed by atoms with Crippen molar-refractivity contribution in [1.82, 2.24) is 15.1 Å². The van der Waals surface area contributed by atoms with Crippen LogP contribution in [0.3, 0.4) is 0 Å². The topological polar surface area (TPSA) is 97.0 Å². The number of rotatable bonds is 10. The highest BCUT2D eigenvalue weighted by Gasteiger charge is 2.33. The molecule has 1 heterocycles. The molecular formula is C22H24F3N3O5S. The van der Waals surface area contributed by atoms with E-state index in [1.807, 2.05) is 18.2 Å². The monoisotopic (exact) mass is 499 g/mol. The summed E-state index contributed by atoms with van der Waals surface area (Å²) in [5, 5.41) is 2.63. The zero-order chi connectivity index (χ0) is 24.6. The van der Waals surface area contributed by atoms with E-state index in [0.717, 1.165) is 22.5 Å². The molecule has 0 fully saturated rings. The summed E-state index contributed by atoms with van der Waals surface area (Å²) in [5.41, 5.74) is 2.15. The molecule has 0 spiro atoms. The molecule has 34 heavy (non-hydrogen) atoms. The molecule has 0 unspecified atom stereocenters. The molecule has 1 aliphatic heterocycles. The van der Waals surface area contributed by atoms with E-state index in [-0.39, 0.29) is 32.0 Å². The van der Waals surface area contributed by atoms with Gasteiger partial charge in [-0.2, -0.15) is 17.5 Å². The van der Waals surface area contributed by atoms with Crippen molar-refractivity contribution in [3.8, 4) is 5.75 Å². The molecule has 2 aromatic carbocycles. The van der Waals surface area contributed by atoms with Crippen molar-refractivity contribution < 1.29 is 36.0 Å². The van der Waals surface area contributed by atoms with E-state index in [1.54, 1.807) is 18.2 Å². The first-order valence-corrected chi connectivity index (χ1v) is 11.8. The minimum absolute atomic E-state index is 0.0454. The van der Waals surface area contributed by atoms with Gasteiger partial charge in [0.15, 0.2) is 6.61 Å². The second-order valence-corrected chi connectivity index (χ2v) is 9.21. The van der Waals surface area contributed by atoms with Crippen LogP contribution in [-0.4, -0.2) is 51.5 Å². The summed E-state index contributed by atoms with van der Waals surface area (Å²) >= 11 is 0. The average Bonchev–Trinajstić information content (AvgIpc) is 2.82. The Morgan fingerprint density at radius 2 is 1.85 bits per heavy atom. The smallest absolute Gasteiger partial charge is 0.416 e. The number of benzene rings is 2. The van der Waals surface area contributed by atoms with Crippen molar-refractivity contribution in [2.75, 3.05) is 32.8 Å². The third-order valence-electron chi connectivity index (χ3n) is 4.81. The maximum atomic E-state index is 12.9. The minimum Gasteiger partial charge on any atom is -0.492 e. The molecule has 0 bridgehead atoms. The number of hydroxylamine groups is 1. The zero-order valence-electron chi connectivity index (χ0n) is 18.0. The molecule has 0 saturated carbocycles.